The van der Waals surface area contributed by atoms with Gasteiger partial charge in [0.1, 0.15) is 11.3 Å². The Morgan fingerprint density at radius 3 is 2.36 bits per heavy atom. The van der Waals surface area contributed by atoms with Crippen molar-refractivity contribution >= 4 is 39.3 Å². The summed E-state index contributed by atoms with van der Waals surface area (Å²) in [4.78, 5) is 38.1. The first-order valence-corrected chi connectivity index (χ1v) is 8.23. The number of nitrogens with one attached hydrogen (secondary N) is 3. The molecule has 0 fully saturated rings. The number of benzene rings is 1. The van der Waals surface area contributed by atoms with Crippen LogP contribution in [0.25, 0.3) is 0 Å². The van der Waals surface area contributed by atoms with Gasteiger partial charge in [0.15, 0.2) is 0 Å². The summed E-state index contributed by atoms with van der Waals surface area (Å²) in [5.41, 5.74) is -0.0312. The van der Waals surface area contributed by atoms with Gasteiger partial charge in [-0.15, -0.1) is 0 Å². The molecule has 0 saturated heterocycles. The predicted molar refractivity (Wildman–Crippen MR) is 99.0 cm³/mol. The smallest absolute Gasteiger partial charge is 0.412 e. The molecule has 0 bridgehead atoms. The first kappa shape index (κ1) is 18.7. The van der Waals surface area contributed by atoms with Crippen LogP contribution in [0.3, 0.4) is 0 Å². The molecular weight excluding hydrogens is 390 g/mol. The van der Waals surface area contributed by atoms with Crippen LogP contribution in [0.4, 0.5) is 16.2 Å². The van der Waals surface area contributed by atoms with Crippen molar-refractivity contribution in [1.29, 1.82) is 0 Å². The molecule has 1 aromatic carbocycles. The van der Waals surface area contributed by atoms with Crippen LogP contribution < -0.4 is 16.2 Å². The molecule has 0 atom stereocenters. The number of H-pyrrole nitrogens is 1. The molecule has 0 aliphatic carbocycles. The Hall–Kier alpha value is -2.61. The lowest BCUT2D eigenvalue weighted by Crippen LogP contribution is -2.27. The Morgan fingerprint density at radius 2 is 1.76 bits per heavy atom. The lowest BCUT2D eigenvalue weighted by atomic mass is 10.2. The van der Waals surface area contributed by atoms with Crippen molar-refractivity contribution < 1.29 is 14.3 Å². The highest BCUT2D eigenvalue weighted by atomic mass is 79.9. The maximum absolute atomic E-state index is 12.2. The number of ether oxygens (including phenoxy) is 1. The Balaban J connectivity index is 2.04. The number of anilines is 2. The van der Waals surface area contributed by atoms with Gasteiger partial charge in [0.25, 0.3) is 11.5 Å². The van der Waals surface area contributed by atoms with Gasteiger partial charge in [-0.05, 0) is 67.0 Å². The van der Waals surface area contributed by atoms with Crippen molar-refractivity contribution in [2.45, 2.75) is 26.4 Å². The second-order valence-corrected chi connectivity index (χ2v) is 7.13. The zero-order chi connectivity index (χ0) is 18.6. The van der Waals surface area contributed by atoms with Crippen molar-refractivity contribution in [3.8, 4) is 0 Å². The normalized spacial score (nSPS) is 10.9. The topological polar surface area (TPSA) is 100 Å². The molecule has 2 rings (SSSR count). The molecule has 0 unspecified atom stereocenters. The van der Waals surface area contributed by atoms with Crippen molar-refractivity contribution in [2.24, 2.45) is 0 Å². The van der Waals surface area contributed by atoms with Crippen molar-refractivity contribution in [1.82, 2.24) is 4.98 Å². The Labute approximate surface area is 152 Å². The summed E-state index contributed by atoms with van der Waals surface area (Å²) in [6, 6.07) is 7.73. The number of hydrogen-bond donors (Lipinski definition) is 3. The lowest BCUT2D eigenvalue weighted by molar-refractivity contribution is 0.0636. The van der Waals surface area contributed by atoms with E-state index in [1.165, 1.54) is 24.4 Å². The van der Waals surface area contributed by atoms with E-state index in [1.54, 1.807) is 32.9 Å². The van der Waals surface area contributed by atoms with E-state index in [0.717, 1.165) is 0 Å². The number of pyridine rings is 1. The summed E-state index contributed by atoms with van der Waals surface area (Å²) in [6.07, 6.45) is 0.903. The molecule has 8 heteroatoms. The van der Waals surface area contributed by atoms with Crippen molar-refractivity contribution in [3.63, 3.8) is 0 Å². The van der Waals surface area contributed by atoms with E-state index in [2.05, 4.69) is 31.5 Å². The SMILES string of the molecule is CC(C)(C)OC(=O)Nc1ccc(C(=O)Nc2cc(Br)c[nH]c2=O)cc1. The molecule has 0 saturated carbocycles. The first-order chi connectivity index (χ1) is 11.6. The van der Waals surface area contributed by atoms with Crippen LogP contribution in [0.1, 0.15) is 31.1 Å². The molecule has 132 valence electrons. The first-order valence-electron chi connectivity index (χ1n) is 7.44. The van der Waals surface area contributed by atoms with Crippen LogP contribution >= 0.6 is 15.9 Å². The van der Waals surface area contributed by atoms with Gasteiger partial charge in [0.2, 0.25) is 0 Å². The van der Waals surface area contributed by atoms with E-state index in [4.69, 9.17) is 4.74 Å². The monoisotopic (exact) mass is 407 g/mol. The molecular formula is C17H18BrN3O4. The second-order valence-electron chi connectivity index (χ2n) is 6.22. The highest BCUT2D eigenvalue weighted by molar-refractivity contribution is 9.10. The van der Waals surface area contributed by atoms with E-state index in [0.29, 0.717) is 15.7 Å². The molecule has 25 heavy (non-hydrogen) atoms. The Bertz CT molecular complexity index is 838. The number of amides is 2. The number of hydrogen-bond acceptors (Lipinski definition) is 4. The van der Waals surface area contributed by atoms with Gasteiger partial charge in [-0.3, -0.25) is 14.9 Å². The van der Waals surface area contributed by atoms with Crippen molar-refractivity contribution in [3.05, 3.63) is 56.9 Å². The zero-order valence-corrected chi connectivity index (χ0v) is 15.6. The largest absolute Gasteiger partial charge is 0.444 e. The van der Waals surface area contributed by atoms with E-state index in [-0.39, 0.29) is 5.69 Å². The summed E-state index contributed by atoms with van der Waals surface area (Å²) in [5.74, 6) is -0.438. The molecule has 7 nitrogen and oxygen atoms in total. The molecule has 0 spiro atoms. The summed E-state index contributed by atoms with van der Waals surface area (Å²) in [7, 11) is 0. The Morgan fingerprint density at radius 1 is 1.12 bits per heavy atom. The van der Waals surface area contributed by atoms with Gasteiger partial charge in [-0.25, -0.2) is 4.79 Å². The highest BCUT2D eigenvalue weighted by Gasteiger charge is 2.16. The quantitative estimate of drug-likeness (QED) is 0.721. The average Bonchev–Trinajstić information content (AvgIpc) is 2.49. The number of halogens is 1. The third kappa shape index (κ3) is 5.75. The van der Waals surface area contributed by atoms with Crippen LogP contribution in [0.15, 0.2) is 45.8 Å². The predicted octanol–water partition coefficient (Wildman–Crippen LogP) is 3.74. The van der Waals surface area contributed by atoms with Gasteiger partial charge in [0.05, 0.1) is 0 Å². The number of carbonyl (C=O) groups excluding carboxylic acids is 2. The molecule has 3 N–H and O–H groups in total. The minimum absolute atomic E-state index is 0.135. The van der Waals surface area contributed by atoms with E-state index < -0.39 is 23.2 Å². The van der Waals surface area contributed by atoms with Crippen LogP contribution in [-0.2, 0) is 4.74 Å². The lowest BCUT2D eigenvalue weighted by Gasteiger charge is -2.19. The molecule has 1 aromatic heterocycles. The van der Waals surface area contributed by atoms with Gasteiger partial charge in [-0.1, -0.05) is 0 Å². The molecule has 2 aromatic rings. The molecule has 2 amide bonds. The van der Waals surface area contributed by atoms with Crippen LogP contribution in [0, 0.1) is 0 Å². The summed E-state index contributed by atoms with van der Waals surface area (Å²) >= 11 is 3.22. The zero-order valence-electron chi connectivity index (χ0n) is 14.0. The van der Waals surface area contributed by atoms with Gasteiger partial charge in [0, 0.05) is 21.9 Å². The molecule has 1 heterocycles. The molecule has 0 radical (unpaired) electrons. The van der Waals surface area contributed by atoms with E-state index in [9.17, 15) is 14.4 Å². The third-order valence-corrected chi connectivity index (χ3v) is 3.37. The second kappa shape index (κ2) is 7.52. The van der Waals surface area contributed by atoms with E-state index in [1.807, 2.05) is 0 Å². The molecule has 0 aliphatic heterocycles. The summed E-state index contributed by atoms with van der Waals surface area (Å²) in [5, 5.41) is 5.11. The van der Waals surface area contributed by atoms with Crippen LogP contribution in [0.2, 0.25) is 0 Å². The number of carbonyl (C=O) groups is 2. The minimum atomic E-state index is -0.596. The number of aromatic nitrogens is 1. The Kier molecular flexibility index (Phi) is 5.63. The standard InChI is InChI=1S/C17H18BrN3O4/c1-17(2,3)25-16(24)20-12-6-4-10(5-7-12)14(22)21-13-8-11(18)9-19-15(13)23/h4-9H,1-3H3,(H,19,23)(H,20,24)(H,21,22). The average molecular weight is 408 g/mol. The summed E-state index contributed by atoms with van der Waals surface area (Å²) < 4.78 is 5.79. The number of rotatable bonds is 3. The highest BCUT2D eigenvalue weighted by Crippen LogP contribution is 2.15. The fourth-order valence-electron chi connectivity index (χ4n) is 1.87. The van der Waals surface area contributed by atoms with Gasteiger partial charge in [-0.2, -0.15) is 0 Å². The summed E-state index contributed by atoms with van der Waals surface area (Å²) in [6.45, 7) is 5.30. The van der Waals surface area contributed by atoms with Crippen LogP contribution in [0.5, 0.6) is 0 Å². The van der Waals surface area contributed by atoms with Gasteiger partial charge >= 0.3 is 6.09 Å². The fourth-order valence-corrected chi connectivity index (χ4v) is 2.21. The fraction of sp³-hybridized carbons (Fsp3) is 0.235. The molecule has 0 aliphatic rings. The van der Waals surface area contributed by atoms with Gasteiger partial charge < -0.3 is 15.0 Å². The van der Waals surface area contributed by atoms with Crippen LogP contribution in [-0.4, -0.2) is 22.6 Å². The number of aromatic amines is 1. The maximum atomic E-state index is 12.2. The van der Waals surface area contributed by atoms with Crippen molar-refractivity contribution in [2.75, 3.05) is 10.6 Å². The van der Waals surface area contributed by atoms with E-state index >= 15 is 0 Å². The third-order valence-electron chi connectivity index (χ3n) is 2.91. The minimum Gasteiger partial charge on any atom is -0.444 e. The maximum Gasteiger partial charge on any atom is 0.412 e.